The Balaban J connectivity index is 1.39. The molecule has 3 aromatic rings. The van der Waals surface area contributed by atoms with Crippen LogP contribution >= 0.6 is 0 Å². The molecule has 1 spiro atoms. The predicted molar refractivity (Wildman–Crippen MR) is 153 cm³/mol. The molecule has 1 atom stereocenters. The number of rotatable bonds is 6. The van der Waals surface area contributed by atoms with Crippen molar-refractivity contribution in [3.8, 4) is 22.9 Å². The largest absolute Gasteiger partial charge is 0.489 e. The van der Waals surface area contributed by atoms with Crippen LogP contribution in [0.25, 0.3) is 22.0 Å². The average Bonchev–Trinajstić information content (AvgIpc) is 3.59. The highest BCUT2D eigenvalue weighted by molar-refractivity contribution is 5.99. The molecular formula is C31H35FN6O2. The number of anilines is 1. The van der Waals surface area contributed by atoms with Crippen LogP contribution < -0.4 is 9.64 Å². The number of aryl methyl sites for hydroxylation is 1. The van der Waals surface area contributed by atoms with E-state index in [1.54, 1.807) is 12.3 Å². The van der Waals surface area contributed by atoms with Gasteiger partial charge in [-0.3, -0.25) is 9.89 Å². The third-order valence-corrected chi connectivity index (χ3v) is 9.21. The van der Waals surface area contributed by atoms with Gasteiger partial charge in [0.1, 0.15) is 12.7 Å². The molecule has 1 amide bonds. The molecule has 0 aliphatic carbocycles. The zero-order chi connectivity index (χ0) is 28.0. The monoisotopic (exact) mass is 542 g/mol. The highest BCUT2D eigenvalue weighted by Gasteiger charge is 2.46. The number of halogens is 1. The van der Waals surface area contributed by atoms with Crippen molar-refractivity contribution in [2.45, 2.75) is 38.6 Å². The van der Waals surface area contributed by atoms with Crippen LogP contribution in [0.15, 0.2) is 37.1 Å². The Labute approximate surface area is 234 Å². The lowest BCUT2D eigenvalue weighted by Gasteiger charge is -2.54. The van der Waals surface area contributed by atoms with Gasteiger partial charge >= 0.3 is 0 Å². The van der Waals surface area contributed by atoms with Crippen molar-refractivity contribution < 1.29 is 13.9 Å². The van der Waals surface area contributed by atoms with Crippen LogP contribution in [0.3, 0.4) is 0 Å². The first-order chi connectivity index (χ1) is 19.3. The van der Waals surface area contributed by atoms with E-state index in [4.69, 9.17) is 4.74 Å². The van der Waals surface area contributed by atoms with Crippen LogP contribution in [0.1, 0.15) is 36.8 Å². The van der Waals surface area contributed by atoms with E-state index < -0.39 is 5.82 Å². The van der Waals surface area contributed by atoms with Crippen molar-refractivity contribution >= 4 is 22.5 Å². The Morgan fingerprint density at radius 2 is 2.08 bits per heavy atom. The normalized spacial score (nSPS) is 20.5. The number of hydrogen-bond donors (Lipinski definition) is 1. The summed E-state index contributed by atoms with van der Waals surface area (Å²) >= 11 is 0. The molecule has 208 valence electrons. The number of aromatic nitrogens is 2. The zero-order valence-corrected chi connectivity index (χ0v) is 23.2. The highest BCUT2D eigenvalue weighted by atomic mass is 19.1. The average molecular weight is 543 g/mol. The van der Waals surface area contributed by atoms with Gasteiger partial charge in [-0.15, -0.1) is 0 Å². The summed E-state index contributed by atoms with van der Waals surface area (Å²) in [5.41, 5.74) is 3.68. The third-order valence-electron chi connectivity index (χ3n) is 9.21. The van der Waals surface area contributed by atoms with Gasteiger partial charge in [-0.2, -0.15) is 10.4 Å². The number of aromatic amines is 1. The molecule has 4 heterocycles. The van der Waals surface area contributed by atoms with Crippen LogP contribution in [0.2, 0.25) is 0 Å². The Morgan fingerprint density at radius 1 is 1.30 bits per heavy atom. The van der Waals surface area contributed by atoms with Gasteiger partial charge in [-0.1, -0.05) is 12.6 Å². The van der Waals surface area contributed by atoms with Crippen LogP contribution in [0, 0.1) is 29.5 Å². The molecule has 9 heteroatoms. The predicted octanol–water partition coefficient (Wildman–Crippen LogP) is 4.64. The molecule has 1 aromatic heterocycles. The van der Waals surface area contributed by atoms with Crippen molar-refractivity contribution in [1.82, 2.24) is 20.0 Å². The molecule has 0 radical (unpaired) electrons. The smallest absolute Gasteiger partial charge is 0.245 e. The van der Waals surface area contributed by atoms with Gasteiger partial charge in [-0.25, -0.2) is 4.39 Å². The Morgan fingerprint density at radius 3 is 2.75 bits per heavy atom. The lowest BCUT2D eigenvalue weighted by molar-refractivity contribution is -0.139. The molecule has 3 saturated heterocycles. The number of amides is 1. The van der Waals surface area contributed by atoms with E-state index in [1.165, 1.54) is 6.08 Å². The summed E-state index contributed by atoms with van der Waals surface area (Å²) < 4.78 is 22.7. The van der Waals surface area contributed by atoms with E-state index in [0.717, 1.165) is 74.9 Å². The second kappa shape index (κ2) is 10.3. The number of piperidine rings is 1. The van der Waals surface area contributed by atoms with Crippen LogP contribution in [-0.2, 0) is 4.79 Å². The fourth-order valence-electron chi connectivity index (χ4n) is 6.74. The van der Waals surface area contributed by atoms with Crippen LogP contribution in [0.5, 0.6) is 5.75 Å². The summed E-state index contributed by atoms with van der Waals surface area (Å²) in [6.45, 7) is 9.83. The number of likely N-dealkylation sites (N-methyl/N-ethyl adjacent to an activating group) is 1. The van der Waals surface area contributed by atoms with Gasteiger partial charge in [-0.05, 0) is 63.9 Å². The third kappa shape index (κ3) is 4.40. The standard InChI is InChI=1S/C31H35FN6O2/c1-4-27(39)38-18-31(19-38)9-12-37(13-10-31)25-14-26(40-17-21-6-5-11-36(21)3)30(32)29(22(25)15-33)28-20(2)7-8-24-23(28)16-34-35-24/h4,7-8,14,16,21H,1,5-6,9-13,17-19H2,2-3H3,(H,34,35)/t21-/m0/s1. The topological polar surface area (TPSA) is 88.5 Å². The molecule has 3 aliphatic heterocycles. The van der Waals surface area contributed by atoms with Gasteiger partial charge in [0, 0.05) is 60.2 Å². The maximum atomic E-state index is 16.5. The van der Waals surface area contributed by atoms with E-state index in [2.05, 4.69) is 39.7 Å². The van der Waals surface area contributed by atoms with Gasteiger partial charge in [0.15, 0.2) is 11.6 Å². The summed E-state index contributed by atoms with van der Waals surface area (Å²) in [5.74, 6) is -0.360. The number of carbonyl (C=O) groups is 1. The van der Waals surface area contributed by atoms with Gasteiger partial charge in [0.2, 0.25) is 5.91 Å². The molecule has 3 fully saturated rings. The second-order valence-electron chi connectivity index (χ2n) is 11.6. The van der Waals surface area contributed by atoms with Gasteiger partial charge < -0.3 is 19.4 Å². The summed E-state index contributed by atoms with van der Waals surface area (Å²) in [4.78, 5) is 18.3. The second-order valence-corrected chi connectivity index (χ2v) is 11.6. The van der Waals surface area contributed by atoms with E-state index in [9.17, 15) is 10.1 Å². The van der Waals surface area contributed by atoms with E-state index >= 15 is 4.39 Å². The van der Waals surface area contributed by atoms with E-state index in [0.29, 0.717) is 23.4 Å². The van der Waals surface area contributed by atoms with Crippen molar-refractivity contribution in [3.63, 3.8) is 0 Å². The van der Waals surface area contributed by atoms with Gasteiger partial charge in [0.05, 0.1) is 23.0 Å². The Kier molecular flexibility index (Phi) is 6.75. The first-order valence-corrected chi connectivity index (χ1v) is 14.0. The Bertz CT molecular complexity index is 1510. The maximum Gasteiger partial charge on any atom is 0.245 e. The van der Waals surface area contributed by atoms with E-state index in [1.807, 2.05) is 24.0 Å². The number of nitriles is 1. The number of carbonyl (C=O) groups excluding carboxylic acids is 1. The Hall–Kier alpha value is -3.90. The number of nitrogens with zero attached hydrogens (tertiary/aromatic N) is 5. The molecule has 2 aromatic carbocycles. The lowest BCUT2D eigenvalue weighted by Crippen LogP contribution is -2.61. The number of ether oxygens (including phenoxy) is 1. The fraction of sp³-hybridized carbons (Fsp3) is 0.452. The maximum absolute atomic E-state index is 16.5. The first kappa shape index (κ1) is 26.3. The number of nitrogens with one attached hydrogen (secondary N) is 1. The minimum Gasteiger partial charge on any atom is -0.489 e. The number of hydrogen-bond acceptors (Lipinski definition) is 6. The number of H-pyrrole nitrogens is 1. The molecular weight excluding hydrogens is 507 g/mol. The minimum atomic E-state index is -0.510. The SMILES string of the molecule is C=CC(=O)N1CC2(CCN(c3cc(OC[C@@H]4CCCN4C)c(F)c(-c4c(C)ccc5[nH]ncc45)c3C#N)CC2)C1. The minimum absolute atomic E-state index is 0.0264. The summed E-state index contributed by atoms with van der Waals surface area (Å²) in [5, 5.41) is 18.4. The number of likely N-dealkylation sites (tertiary alicyclic amines) is 2. The van der Waals surface area contributed by atoms with Crippen LogP contribution in [0.4, 0.5) is 10.1 Å². The van der Waals surface area contributed by atoms with Crippen molar-refractivity contribution in [3.05, 3.63) is 54.0 Å². The molecule has 6 rings (SSSR count). The quantitative estimate of drug-likeness (QED) is 0.457. The number of fused-ring (bicyclic) bond motifs is 1. The molecule has 0 saturated carbocycles. The molecule has 8 nitrogen and oxygen atoms in total. The van der Waals surface area contributed by atoms with E-state index in [-0.39, 0.29) is 28.7 Å². The molecule has 0 bridgehead atoms. The zero-order valence-electron chi connectivity index (χ0n) is 23.2. The first-order valence-electron chi connectivity index (χ1n) is 14.0. The fourth-order valence-corrected chi connectivity index (χ4v) is 6.74. The van der Waals surface area contributed by atoms with Crippen molar-refractivity contribution in [2.24, 2.45) is 5.41 Å². The summed E-state index contributed by atoms with van der Waals surface area (Å²) in [7, 11) is 2.07. The highest BCUT2D eigenvalue weighted by Crippen LogP contribution is 2.46. The summed E-state index contributed by atoms with van der Waals surface area (Å²) in [6, 6.07) is 8.16. The van der Waals surface area contributed by atoms with Gasteiger partial charge in [0.25, 0.3) is 0 Å². The van der Waals surface area contributed by atoms with Crippen LogP contribution in [-0.4, -0.2) is 78.3 Å². The summed E-state index contributed by atoms with van der Waals surface area (Å²) in [6.07, 6.45) is 6.96. The van der Waals surface area contributed by atoms with Crippen molar-refractivity contribution in [2.75, 3.05) is 51.3 Å². The molecule has 1 N–H and O–H groups in total. The number of benzene rings is 2. The molecule has 0 unspecified atom stereocenters. The molecule has 40 heavy (non-hydrogen) atoms. The molecule has 3 aliphatic rings. The van der Waals surface area contributed by atoms with Crippen molar-refractivity contribution in [1.29, 1.82) is 5.26 Å². The lowest BCUT2D eigenvalue weighted by atomic mass is 9.71.